The molecule has 3 atom stereocenters. The van der Waals surface area contributed by atoms with Gasteiger partial charge in [-0.05, 0) is 51.3 Å². The Balaban J connectivity index is 1.53. The molecule has 6 nitrogen and oxygen atoms in total. The molecule has 3 aliphatic rings. The maximum Gasteiger partial charge on any atom is 0.237 e. The Morgan fingerprint density at radius 3 is 2.63 bits per heavy atom. The predicted octanol–water partition coefficient (Wildman–Crippen LogP) is 2.87. The first-order valence-corrected chi connectivity index (χ1v) is 12.0. The zero-order valence-corrected chi connectivity index (χ0v) is 18.2. The van der Waals surface area contributed by atoms with Gasteiger partial charge in [-0.3, -0.25) is 4.31 Å². The Morgan fingerprint density at radius 1 is 1.17 bits per heavy atom. The molecule has 0 radical (unpaired) electrons. The van der Waals surface area contributed by atoms with Gasteiger partial charge in [-0.1, -0.05) is 0 Å². The number of sulfonamides is 1. The van der Waals surface area contributed by atoms with Crippen LogP contribution in [0.15, 0.2) is 29.6 Å². The minimum absolute atomic E-state index is 0.0120. The largest absolute Gasteiger partial charge is 0.370 e. The molecule has 0 aliphatic carbocycles. The second-order valence-corrected chi connectivity index (χ2v) is 11.0. The third-order valence-corrected chi connectivity index (χ3v) is 8.56. The van der Waals surface area contributed by atoms with E-state index >= 15 is 0 Å². The topological polar surface area (TPSA) is 75.9 Å². The molecule has 1 aromatic rings. The van der Waals surface area contributed by atoms with E-state index in [4.69, 9.17) is 10.5 Å². The van der Waals surface area contributed by atoms with Crippen LogP contribution in [0, 0.1) is 11.6 Å². The zero-order chi connectivity index (χ0) is 21.6. The summed E-state index contributed by atoms with van der Waals surface area (Å²) >= 11 is 0. The fourth-order valence-electron chi connectivity index (χ4n) is 4.81. The Labute approximate surface area is 176 Å². The highest BCUT2D eigenvalue weighted by molar-refractivity contribution is 7.89. The number of allylic oxidation sites excluding steroid dienone is 1. The SMILES string of the molecule is CC(C)S(=O)(=O)N1CCCC2=C1CCN2C1COC(c2cc(F)ccc2F)C(N)C1. The standard InChI is InChI=1S/C21H29F2N3O3S/c1-13(2)30(27,28)26-8-3-4-19-20(26)7-9-25(19)15-11-18(24)21(29-12-15)16-10-14(22)5-6-17(16)23/h5-6,10,13,15,18,21H,3-4,7-9,11-12,24H2,1-2H3. The summed E-state index contributed by atoms with van der Waals surface area (Å²) in [4.78, 5) is 2.22. The van der Waals surface area contributed by atoms with Crippen molar-refractivity contribution < 1.29 is 21.9 Å². The van der Waals surface area contributed by atoms with Crippen LogP contribution in [0.2, 0.25) is 0 Å². The van der Waals surface area contributed by atoms with Crippen LogP contribution in [0.5, 0.6) is 0 Å². The molecule has 4 rings (SSSR count). The molecule has 0 saturated carbocycles. The van der Waals surface area contributed by atoms with E-state index in [1.807, 2.05) is 0 Å². The molecular weight excluding hydrogens is 412 g/mol. The highest BCUT2D eigenvalue weighted by Gasteiger charge is 2.41. The van der Waals surface area contributed by atoms with Crippen molar-refractivity contribution >= 4 is 10.0 Å². The van der Waals surface area contributed by atoms with Crippen molar-refractivity contribution in [2.45, 2.75) is 63.0 Å². The van der Waals surface area contributed by atoms with E-state index in [1.54, 1.807) is 18.2 Å². The number of hydrogen-bond acceptors (Lipinski definition) is 5. The summed E-state index contributed by atoms with van der Waals surface area (Å²) in [6.07, 6.45) is 2.14. The molecule has 3 heterocycles. The highest BCUT2D eigenvalue weighted by Crippen LogP contribution is 2.40. The van der Waals surface area contributed by atoms with E-state index in [2.05, 4.69) is 4.90 Å². The molecule has 0 spiro atoms. The summed E-state index contributed by atoms with van der Waals surface area (Å²) in [5.74, 6) is -1.05. The van der Waals surface area contributed by atoms with Gasteiger partial charge in [0.15, 0.2) is 0 Å². The zero-order valence-electron chi connectivity index (χ0n) is 17.4. The third kappa shape index (κ3) is 3.71. The number of halogens is 2. The smallest absolute Gasteiger partial charge is 0.237 e. The summed E-state index contributed by atoms with van der Waals surface area (Å²) in [5.41, 5.74) is 8.42. The summed E-state index contributed by atoms with van der Waals surface area (Å²) in [6, 6.07) is 2.82. The lowest BCUT2D eigenvalue weighted by molar-refractivity contribution is -0.0435. The molecule has 1 aromatic carbocycles. The van der Waals surface area contributed by atoms with Crippen LogP contribution in [0.4, 0.5) is 8.78 Å². The first-order valence-electron chi connectivity index (χ1n) is 10.5. The average Bonchev–Trinajstić information content (AvgIpc) is 3.14. The number of nitrogens with zero attached hydrogens (tertiary/aromatic N) is 2. The Kier molecular flexibility index (Phi) is 5.80. The van der Waals surface area contributed by atoms with Gasteiger partial charge in [0.25, 0.3) is 0 Å². The lowest BCUT2D eigenvalue weighted by Crippen LogP contribution is -2.48. The van der Waals surface area contributed by atoms with Crippen LogP contribution in [0.3, 0.4) is 0 Å². The van der Waals surface area contributed by atoms with E-state index in [1.165, 1.54) is 0 Å². The van der Waals surface area contributed by atoms with E-state index in [9.17, 15) is 17.2 Å². The monoisotopic (exact) mass is 441 g/mol. The van der Waals surface area contributed by atoms with Crippen molar-refractivity contribution in [1.29, 1.82) is 0 Å². The van der Waals surface area contributed by atoms with Gasteiger partial charge in [0, 0.05) is 42.5 Å². The molecule has 3 aliphatic heterocycles. The number of ether oxygens (including phenoxy) is 1. The maximum atomic E-state index is 14.2. The Bertz CT molecular complexity index is 951. The van der Waals surface area contributed by atoms with Crippen molar-refractivity contribution in [3.63, 3.8) is 0 Å². The second kappa shape index (κ2) is 8.09. The van der Waals surface area contributed by atoms with E-state index in [0.29, 0.717) is 32.5 Å². The minimum Gasteiger partial charge on any atom is -0.370 e. The molecular formula is C21H29F2N3O3S. The first kappa shape index (κ1) is 21.5. The van der Waals surface area contributed by atoms with E-state index in [-0.39, 0.29) is 11.6 Å². The second-order valence-electron chi connectivity index (χ2n) is 8.58. The third-order valence-electron chi connectivity index (χ3n) is 6.35. The van der Waals surface area contributed by atoms with Gasteiger partial charge in [-0.25, -0.2) is 17.2 Å². The minimum atomic E-state index is -3.36. The van der Waals surface area contributed by atoms with Crippen LogP contribution >= 0.6 is 0 Å². The van der Waals surface area contributed by atoms with Crippen LogP contribution in [0.1, 0.15) is 51.2 Å². The number of hydrogen-bond donors (Lipinski definition) is 1. The quantitative estimate of drug-likeness (QED) is 0.778. The van der Waals surface area contributed by atoms with Gasteiger partial charge < -0.3 is 15.4 Å². The molecule has 1 fully saturated rings. The van der Waals surface area contributed by atoms with E-state index < -0.39 is 39.1 Å². The van der Waals surface area contributed by atoms with Crippen LogP contribution < -0.4 is 5.73 Å². The molecule has 0 amide bonds. The summed E-state index contributed by atoms with van der Waals surface area (Å²) < 4.78 is 60.9. The molecule has 0 bridgehead atoms. The van der Waals surface area contributed by atoms with E-state index in [0.717, 1.165) is 42.4 Å². The molecule has 2 N–H and O–H groups in total. The van der Waals surface area contributed by atoms with Gasteiger partial charge >= 0.3 is 0 Å². The fraction of sp³-hybridized carbons (Fsp3) is 0.619. The van der Waals surface area contributed by atoms with Crippen molar-refractivity contribution in [2.24, 2.45) is 5.73 Å². The normalized spacial score (nSPS) is 27.7. The lowest BCUT2D eigenvalue weighted by atomic mass is 9.93. The molecule has 30 heavy (non-hydrogen) atoms. The van der Waals surface area contributed by atoms with Crippen LogP contribution in [-0.2, 0) is 14.8 Å². The van der Waals surface area contributed by atoms with Crippen LogP contribution in [0.25, 0.3) is 0 Å². The van der Waals surface area contributed by atoms with Gasteiger partial charge in [0.1, 0.15) is 17.7 Å². The number of rotatable bonds is 4. The first-order chi connectivity index (χ1) is 14.2. The van der Waals surface area contributed by atoms with Gasteiger partial charge in [0.2, 0.25) is 10.0 Å². The average molecular weight is 442 g/mol. The van der Waals surface area contributed by atoms with Gasteiger partial charge in [0.05, 0.1) is 17.9 Å². The molecule has 3 unspecified atom stereocenters. The molecule has 0 aromatic heterocycles. The summed E-state index contributed by atoms with van der Waals surface area (Å²) in [6.45, 7) is 4.98. The highest BCUT2D eigenvalue weighted by atomic mass is 32.2. The van der Waals surface area contributed by atoms with Crippen molar-refractivity contribution in [2.75, 3.05) is 19.7 Å². The summed E-state index contributed by atoms with van der Waals surface area (Å²) in [7, 11) is -3.36. The molecule has 166 valence electrons. The van der Waals surface area contributed by atoms with Crippen molar-refractivity contribution in [3.8, 4) is 0 Å². The maximum absolute atomic E-state index is 14.2. The lowest BCUT2D eigenvalue weighted by Gasteiger charge is -2.41. The predicted molar refractivity (Wildman–Crippen MR) is 110 cm³/mol. The Morgan fingerprint density at radius 2 is 1.93 bits per heavy atom. The number of nitrogens with two attached hydrogens (primary N) is 1. The molecule has 1 saturated heterocycles. The van der Waals surface area contributed by atoms with Gasteiger partial charge in [-0.2, -0.15) is 0 Å². The fourth-order valence-corrected chi connectivity index (χ4v) is 6.20. The van der Waals surface area contributed by atoms with Gasteiger partial charge in [-0.15, -0.1) is 0 Å². The Hall–Kier alpha value is -1.71. The summed E-state index contributed by atoms with van der Waals surface area (Å²) in [5, 5.41) is -0.466. The van der Waals surface area contributed by atoms with Crippen molar-refractivity contribution in [1.82, 2.24) is 9.21 Å². The molecule has 9 heteroatoms. The van der Waals surface area contributed by atoms with Crippen LogP contribution in [-0.4, -0.2) is 54.7 Å². The number of benzene rings is 1. The van der Waals surface area contributed by atoms with Crippen molar-refractivity contribution in [3.05, 3.63) is 46.8 Å².